The molecule has 1 aromatic rings. The lowest BCUT2D eigenvalue weighted by molar-refractivity contribution is -0.135. The molecule has 1 rings (SSSR count). The van der Waals surface area contributed by atoms with Crippen LogP contribution in [0.4, 0.5) is 13.2 Å². The summed E-state index contributed by atoms with van der Waals surface area (Å²) in [6, 6.07) is 0. The molecule has 4 nitrogen and oxygen atoms in total. The Balaban J connectivity index is 2.67. The molecule has 1 N–H and O–H groups in total. The second-order valence-corrected chi connectivity index (χ2v) is 3.94. The van der Waals surface area contributed by atoms with Crippen LogP contribution < -0.4 is 5.32 Å². The highest BCUT2D eigenvalue weighted by atomic mass is 35.5. The van der Waals surface area contributed by atoms with Crippen molar-refractivity contribution in [1.29, 1.82) is 0 Å². The summed E-state index contributed by atoms with van der Waals surface area (Å²) in [6.45, 7) is 0.315. The van der Waals surface area contributed by atoms with Crippen molar-refractivity contribution in [1.82, 2.24) is 15.1 Å². The van der Waals surface area contributed by atoms with E-state index in [4.69, 9.17) is 11.6 Å². The van der Waals surface area contributed by atoms with Gasteiger partial charge in [-0.15, -0.1) is 0 Å². The number of amides is 1. The lowest BCUT2D eigenvalue weighted by atomic mass is 10.2. The Morgan fingerprint density at radius 3 is 2.61 bits per heavy atom. The number of nitrogens with zero attached hydrogens (tertiary/aromatic N) is 2. The van der Waals surface area contributed by atoms with E-state index in [1.807, 2.05) is 0 Å². The first-order valence-corrected chi connectivity index (χ1v) is 5.30. The van der Waals surface area contributed by atoms with Crippen LogP contribution in [0.25, 0.3) is 6.08 Å². The Labute approximate surface area is 106 Å². The van der Waals surface area contributed by atoms with Crippen LogP contribution in [0, 0.1) is 6.92 Å². The van der Waals surface area contributed by atoms with Crippen LogP contribution in [0.15, 0.2) is 6.08 Å². The summed E-state index contributed by atoms with van der Waals surface area (Å²) in [7, 11) is 1.62. The number of aryl methyl sites for hydroxylation is 2. The summed E-state index contributed by atoms with van der Waals surface area (Å²) in [5, 5.41) is 6.03. The first-order valence-electron chi connectivity index (χ1n) is 4.92. The van der Waals surface area contributed by atoms with Crippen LogP contribution in [0.2, 0.25) is 5.15 Å². The van der Waals surface area contributed by atoms with Gasteiger partial charge in [0, 0.05) is 18.7 Å². The van der Waals surface area contributed by atoms with Crippen molar-refractivity contribution in [3.63, 3.8) is 0 Å². The quantitative estimate of drug-likeness (QED) is 0.862. The van der Waals surface area contributed by atoms with Gasteiger partial charge in [0.1, 0.15) is 11.7 Å². The zero-order chi connectivity index (χ0) is 13.9. The van der Waals surface area contributed by atoms with Gasteiger partial charge in [-0.2, -0.15) is 18.3 Å². The van der Waals surface area contributed by atoms with Gasteiger partial charge in [0.25, 0.3) is 0 Å². The lowest BCUT2D eigenvalue weighted by Crippen LogP contribution is -2.32. The number of carbonyl (C=O) groups is 1. The zero-order valence-electron chi connectivity index (χ0n) is 9.68. The van der Waals surface area contributed by atoms with Crippen LogP contribution in [-0.4, -0.2) is 28.4 Å². The molecule has 0 saturated carbocycles. The number of halogens is 4. The van der Waals surface area contributed by atoms with Gasteiger partial charge in [-0.1, -0.05) is 11.6 Å². The number of nitrogens with one attached hydrogen (secondary N) is 1. The molecule has 8 heteroatoms. The minimum Gasteiger partial charge on any atom is -0.343 e. The van der Waals surface area contributed by atoms with Crippen molar-refractivity contribution >= 4 is 23.6 Å². The topological polar surface area (TPSA) is 46.9 Å². The second kappa shape index (κ2) is 5.43. The van der Waals surface area contributed by atoms with Gasteiger partial charge in [0.15, 0.2) is 0 Å². The van der Waals surface area contributed by atoms with Gasteiger partial charge in [-0.05, 0) is 13.0 Å². The van der Waals surface area contributed by atoms with Crippen LogP contribution in [0.1, 0.15) is 11.3 Å². The fourth-order valence-electron chi connectivity index (χ4n) is 1.24. The summed E-state index contributed by atoms with van der Waals surface area (Å²) < 4.78 is 36.9. The number of hydrogen-bond acceptors (Lipinski definition) is 2. The van der Waals surface area contributed by atoms with Gasteiger partial charge in [-0.3, -0.25) is 9.48 Å². The van der Waals surface area contributed by atoms with Gasteiger partial charge in [-0.25, -0.2) is 0 Å². The SMILES string of the molecule is Cc1nn(C)c(Cl)c1/C=C/C(=O)NCC(F)(F)F. The number of rotatable bonds is 3. The number of carbonyl (C=O) groups excluding carboxylic acids is 1. The normalized spacial score (nSPS) is 12.1. The van der Waals surface area contributed by atoms with Crippen LogP contribution >= 0.6 is 11.6 Å². The Kier molecular flexibility index (Phi) is 4.39. The third kappa shape index (κ3) is 4.06. The fraction of sp³-hybridized carbons (Fsp3) is 0.400. The monoisotopic (exact) mass is 281 g/mol. The predicted octanol–water partition coefficient (Wildman–Crippen LogP) is 2.07. The molecule has 0 fully saturated rings. The molecule has 1 amide bonds. The number of hydrogen-bond donors (Lipinski definition) is 1. The molecule has 0 spiro atoms. The van der Waals surface area contributed by atoms with E-state index in [0.29, 0.717) is 16.4 Å². The molecule has 1 heterocycles. The largest absolute Gasteiger partial charge is 0.405 e. The van der Waals surface area contributed by atoms with Crippen molar-refractivity contribution in [3.8, 4) is 0 Å². The van der Waals surface area contributed by atoms with Crippen molar-refractivity contribution in [3.05, 3.63) is 22.5 Å². The Bertz CT molecular complexity index is 479. The van der Waals surface area contributed by atoms with E-state index >= 15 is 0 Å². The van der Waals surface area contributed by atoms with E-state index in [1.54, 1.807) is 19.3 Å². The molecule has 18 heavy (non-hydrogen) atoms. The van der Waals surface area contributed by atoms with Gasteiger partial charge in [0.2, 0.25) is 5.91 Å². The molecule has 1 aromatic heterocycles. The summed E-state index contributed by atoms with van der Waals surface area (Å²) in [6.07, 6.45) is -2.11. The van der Waals surface area contributed by atoms with E-state index in [9.17, 15) is 18.0 Å². The summed E-state index contributed by atoms with van der Waals surface area (Å²) in [5.74, 6) is -0.841. The highest BCUT2D eigenvalue weighted by Gasteiger charge is 2.27. The van der Waals surface area contributed by atoms with E-state index < -0.39 is 18.6 Å². The molecule has 0 aliphatic carbocycles. The van der Waals surface area contributed by atoms with Gasteiger partial charge < -0.3 is 5.32 Å². The smallest absolute Gasteiger partial charge is 0.343 e. The van der Waals surface area contributed by atoms with Crippen molar-refractivity contribution in [2.24, 2.45) is 7.05 Å². The summed E-state index contributed by atoms with van der Waals surface area (Å²) in [5.41, 5.74) is 1.09. The second-order valence-electron chi connectivity index (χ2n) is 3.58. The maximum Gasteiger partial charge on any atom is 0.405 e. The van der Waals surface area contributed by atoms with E-state index in [0.717, 1.165) is 6.08 Å². The fourth-order valence-corrected chi connectivity index (χ4v) is 1.48. The van der Waals surface area contributed by atoms with Crippen LogP contribution in [-0.2, 0) is 11.8 Å². The minimum absolute atomic E-state index is 0.312. The molecule has 0 bridgehead atoms. The highest BCUT2D eigenvalue weighted by molar-refractivity contribution is 6.31. The molecule has 0 aliphatic heterocycles. The molecule has 0 atom stereocenters. The summed E-state index contributed by atoms with van der Waals surface area (Å²) in [4.78, 5) is 11.1. The molecule has 100 valence electrons. The van der Waals surface area contributed by atoms with Gasteiger partial charge >= 0.3 is 6.18 Å². The van der Waals surface area contributed by atoms with Crippen molar-refractivity contribution in [2.45, 2.75) is 13.1 Å². The maximum atomic E-state index is 11.8. The Hall–Kier alpha value is -1.50. The third-order valence-corrected chi connectivity index (χ3v) is 2.51. The predicted molar refractivity (Wildman–Crippen MR) is 61.1 cm³/mol. The first kappa shape index (κ1) is 14.6. The van der Waals surface area contributed by atoms with Crippen LogP contribution in [0.3, 0.4) is 0 Å². The molecule has 0 saturated heterocycles. The van der Waals surface area contributed by atoms with E-state index in [2.05, 4.69) is 5.10 Å². The Morgan fingerprint density at radius 1 is 1.56 bits per heavy atom. The molecule has 0 unspecified atom stereocenters. The average Bonchev–Trinajstić information content (AvgIpc) is 2.47. The minimum atomic E-state index is -4.43. The van der Waals surface area contributed by atoms with E-state index in [-0.39, 0.29) is 0 Å². The number of aromatic nitrogens is 2. The third-order valence-electron chi connectivity index (χ3n) is 2.06. The first-order chi connectivity index (χ1) is 8.20. The standard InChI is InChI=1S/C10H11ClF3N3O/c1-6-7(9(11)17(2)16-6)3-4-8(18)15-5-10(12,13)14/h3-4H,5H2,1-2H3,(H,15,18)/b4-3+. The molecule has 0 radical (unpaired) electrons. The number of alkyl halides is 3. The highest BCUT2D eigenvalue weighted by Crippen LogP contribution is 2.19. The molecule has 0 aliphatic rings. The summed E-state index contributed by atoms with van der Waals surface area (Å²) >= 11 is 5.88. The Morgan fingerprint density at radius 2 is 2.17 bits per heavy atom. The maximum absolute atomic E-state index is 11.8. The lowest BCUT2D eigenvalue weighted by Gasteiger charge is -2.05. The van der Waals surface area contributed by atoms with Crippen molar-refractivity contribution < 1.29 is 18.0 Å². The van der Waals surface area contributed by atoms with E-state index in [1.165, 1.54) is 10.8 Å². The van der Waals surface area contributed by atoms with Gasteiger partial charge in [0.05, 0.1) is 5.69 Å². The van der Waals surface area contributed by atoms with Crippen molar-refractivity contribution in [2.75, 3.05) is 6.54 Å². The average molecular weight is 282 g/mol. The van der Waals surface area contributed by atoms with Crippen LogP contribution in [0.5, 0.6) is 0 Å². The molecular weight excluding hydrogens is 271 g/mol. The zero-order valence-corrected chi connectivity index (χ0v) is 10.4. The molecular formula is C10H11ClF3N3O. The molecule has 0 aromatic carbocycles.